The fraction of sp³-hybridized carbons (Fsp3) is 0.909. The Kier molecular flexibility index (Phi) is 4.11. The van der Waals surface area contributed by atoms with Gasteiger partial charge in [0.15, 0.2) is 0 Å². The molecule has 1 aliphatic heterocycles. The van der Waals surface area contributed by atoms with Gasteiger partial charge in [-0.2, -0.15) is 0 Å². The van der Waals surface area contributed by atoms with Crippen molar-refractivity contribution in [2.24, 2.45) is 5.92 Å². The Bertz CT molecular complexity index is 224. The van der Waals surface area contributed by atoms with Gasteiger partial charge < -0.3 is 9.84 Å². The molecule has 1 heterocycles. The van der Waals surface area contributed by atoms with Crippen LogP contribution < -0.4 is 0 Å². The van der Waals surface area contributed by atoms with E-state index in [1.807, 2.05) is 11.8 Å². The lowest BCUT2D eigenvalue weighted by Crippen LogP contribution is -2.56. The highest BCUT2D eigenvalue weighted by molar-refractivity contribution is 5.78. The van der Waals surface area contributed by atoms with E-state index in [1.165, 1.54) is 0 Å². The maximum atomic E-state index is 11.4. The number of morpholine rings is 1. The fourth-order valence-corrected chi connectivity index (χ4v) is 2.20. The first kappa shape index (κ1) is 12.5. The van der Waals surface area contributed by atoms with Crippen molar-refractivity contribution in [1.29, 1.82) is 0 Å². The summed E-state index contributed by atoms with van der Waals surface area (Å²) in [5.41, 5.74) is -0.738. The highest BCUT2D eigenvalue weighted by atomic mass is 16.5. The largest absolute Gasteiger partial charge is 0.480 e. The minimum Gasteiger partial charge on any atom is -0.480 e. The number of carbonyl (C=O) groups is 1. The van der Waals surface area contributed by atoms with Crippen LogP contribution in [-0.4, -0.2) is 47.8 Å². The predicted octanol–water partition coefficient (Wildman–Crippen LogP) is 1.21. The van der Waals surface area contributed by atoms with E-state index in [-0.39, 0.29) is 0 Å². The average molecular weight is 215 g/mol. The van der Waals surface area contributed by atoms with Crippen LogP contribution in [-0.2, 0) is 9.53 Å². The smallest absolute Gasteiger partial charge is 0.323 e. The van der Waals surface area contributed by atoms with E-state index in [1.54, 1.807) is 0 Å². The molecule has 1 rings (SSSR count). The van der Waals surface area contributed by atoms with Gasteiger partial charge in [0, 0.05) is 13.1 Å². The molecule has 4 nitrogen and oxygen atoms in total. The zero-order valence-electron chi connectivity index (χ0n) is 9.82. The molecule has 88 valence electrons. The monoisotopic (exact) mass is 215 g/mol. The second kappa shape index (κ2) is 4.94. The predicted molar refractivity (Wildman–Crippen MR) is 57.9 cm³/mol. The molecule has 4 heteroatoms. The summed E-state index contributed by atoms with van der Waals surface area (Å²) >= 11 is 0. The first-order chi connectivity index (χ1) is 6.97. The summed E-state index contributed by atoms with van der Waals surface area (Å²) in [7, 11) is 0. The Morgan fingerprint density at radius 3 is 2.40 bits per heavy atom. The molecule has 1 atom stereocenters. The lowest BCUT2D eigenvalue weighted by atomic mass is 9.88. The molecule has 1 fully saturated rings. The molecule has 0 aromatic carbocycles. The Hall–Kier alpha value is -0.610. The summed E-state index contributed by atoms with van der Waals surface area (Å²) in [5.74, 6) is -0.341. The normalized spacial score (nSPS) is 22.7. The van der Waals surface area contributed by atoms with E-state index >= 15 is 0 Å². The van der Waals surface area contributed by atoms with Crippen molar-refractivity contribution >= 4 is 5.97 Å². The highest BCUT2D eigenvalue weighted by Gasteiger charge is 2.40. The standard InChI is InChI=1S/C11H21NO3/c1-9(2)8-11(3,10(13)14)12-4-6-15-7-5-12/h9H,4-8H2,1-3H3,(H,13,14). The van der Waals surface area contributed by atoms with Gasteiger partial charge in [-0.05, 0) is 19.3 Å². The molecule has 1 saturated heterocycles. The average Bonchev–Trinajstić information content (AvgIpc) is 2.17. The Labute approximate surface area is 91.2 Å². The number of carboxylic acid groups (broad SMARTS) is 1. The number of hydrogen-bond acceptors (Lipinski definition) is 3. The van der Waals surface area contributed by atoms with E-state index in [4.69, 9.17) is 4.74 Å². The first-order valence-electron chi connectivity index (χ1n) is 5.53. The third-order valence-corrected chi connectivity index (χ3v) is 2.98. The highest BCUT2D eigenvalue weighted by Crippen LogP contribution is 2.25. The SMILES string of the molecule is CC(C)CC(C)(C(=O)O)N1CCOCC1. The van der Waals surface area contributed by atoms with Crippen LogP contribution in [0.4, 0.5) is 0 Å². The van der Waals surface area contributed by atoms with E-state index in [2.05, 4.69) is 13.8 Å². The maximum Gasteiger partial charge on any atom is 0.323 e. The van der Waals surface area contributed by atoms with Crippen molar-refractivity contribution in [2.75, 3.05) is 26.3 Å². The summed E-state index contributed by atoms with van der Waals surface area (Å²) in [6, 6.07) is 0. The van der Waals surface area contributed by atoms with E-state index in [0.717, 1.165) is 13.1 Å². The van der Waals surface area contributed by atoms with E-state index < -0.39 is 11.5 Å². The molecule has 0 aromatic heterocycles. The number of aliphatic carboxylic acids is 1. The van der Waals surface area contributed by atoms with Crippen LogP contribution in [0.5, 0.6) is 0 Å². The molecule has 1 aliphatic rings. The topological polar surface area (TPSA) is 49.8 Å². The molecular weight excluding hydrogens is 194 g/mol. The lowest BCUT2D eigenvalue weighted by Gasteiger charge is -2.41. The maximum absolute atomic E-state index is 11.4. The van der Waals surface area contributed by atoms with E-state index in [9.17, 15) is 9.90 Å². The van der Waals surface area contributed by atoms with Gasteiger partial charge in [-0.1, -0.05) is 13.8 Å². The number of nitrogens with zero attached hydrogens (tertiary/aromatic N) is 1. The number of hydrogen-bond donors (Lipinski definition) is 1. The molecule has 1 unspecified atom stereocenters. The van der Waals surface area contributed by atoms with Crippen molar-refractivity contribution in [2.45, 2.75) is 32.7 Å². The summed E-state index contributed by atoms with van der Waals surface area (Å²) in [5, 5.41) is 9.35. The molecule has 0 radical (unpaired) electrons. The molecule has 1 N–H and O–H groups in total. The fourth-order valence-electron chi connectivity index (χ4n) is 2.20. The van der Waals surface area contributed by atoms with Crippen LogP contribution >= 0.6 is 0 Å². The van der Waals surface area contributed by atoms with Crippen LogP contribution in [0.1, 0.15) is 27.2 Å². The quantitative estimate of drug-likeness (QED) is 0.765. The van der Waals surface area contributed by atoms with Gasteiger partial charge in [0.2, 0.25) is 0 Å². The molecular formula is C11H21NO3. The van der Waals surface area contributed by atoms with Crippen molar-refractivity contribution in [3.05, 3.63) is 0 Å². The van der Waals surface area contributed by atoms with Crippen LogP contribution in [0.3, 0.4) is 0 Å². The van der Waals surface area contributed by atoms with Gasteiger partial charge in [0.25, 0.3) is 0 Å². The van der Waals surface area contributed by atoms with Gasteiger partial charge in [0.05, 0.1) is 13.2 Å². The molecule has 0 bridgehead atoms. The Morgan fingerprint density at radius 2 is 2.00 bits per heavy atom. The lowest BCUT2D eigenvalue weighted by molar-refractivity contribution is -0.155. The van der Waals surface area contributed by atoms with Crippen molar-refractivity contribution in [1.82, 2.24) is 4.90 Å². The molecule has 0 saturated carbocycles. The van der Waals surface area contributed by atoms with Crippen LogP contribution in [0.25, 0.3) is 0 Å². The van der Waals surface area contributed by atoms with Gasteiger partial charge >= 0.3 is 5.97 Å². The third-order valence-electron chi connectivity index (χ3n) is 2.98. The van der Waals surface area contributed by atoms with Crippen LogP contribution in [0.2, 0.25) is 0 Å². The van der Waals surface area contributed by atoms with Gasteiger partial charge in [-0.3, -0.25) is 9.69 Å². The van der Waals surface area contributed by atoms with E-state index in [0.29, 0.717) is 25.6 Å². The van der Waals surface area contributed by atoms with Gasteiger partial charge in [-0.25, -0.2) is 0 Å². The second-order valence-corrected chi connectivity index (χ2v) is 4.78. The molecule has 0 spiro atoms. The van der Waals surface area contributed by atoms with Crippen molar-refractivity contribution in [3.8, 4) is 0 Å². The van der Waals surface area contributed by atoms with Crippen LogP contribution in [0.15, 0.2) is 0 Å². The first-order valence-corrected chi connectivity index (χ1v) is 5.53. The summed E-state index contributed by atoms with van der Waals surface area (Å²) in [6.45, 7) is 8.65. The Morgan fingerprint density at radius 1 is 1.47 bits per heavy atom. The van der Waals surface area contributed by atoms with Crippen molar-refractivity contribution in [3.63, 3.8) is 0 Å². The summed E-state index contributed by atoms with van der Waals surface area (Å²) in [6.07, 6.45) is 0.683. The zero-order chi connectivity index (χ0) is 11.5. The number of carboxylic acids is 1. The molecule has 0 aromatic rings. The van der Waals surface area contributed by atoms with Crippen LogP contribution in [0, 0.1) is 5.92 Å². The number of rotatable bonds is 4. The minimum absolute atomic E-state index is 0.383. The third kappa shape index (κ3) is 2.92. The summed E-state index contributed by atoms with van der Waals surface area (Å²) in [4.78, 5) is 13.4. The van der Waals surface area contributed by atoms with Gasteiger partial charge in [-0.15, -0.1) is 0 Å². The Balaban J connectivity index is 2.74. The minimum atomic E-state index is -0.738. The number of ether oxygens (including phenoxy) is 1. The van der Waals surface area contributed by atoms with Gasteiger partial charge in [0.1, 0.15) is 5.54 Å². The summed E-state index contributed by atoms with van der Waals surface area (Å²) < 4.78 is 5.24. The molecule has 15 heavy (non-hydrogen) atoms. The molecule has 0 aliphatic carbocycles. The molecule has 0 amide bonds. The van der Waals surface area contributed by atoms with Crippen molar-refractivity contribution < 1.29 is 14.6 Å². The zero-order valence-corrected chi connectivity index (χ0v) is 9.82. The second-order valence-electron chi connectivity index (χ2n) is 4.78.